The Balaban J connectivity index is 1.22. The maximum atomic E-state index is 5.35. The molecule has 11 aromatic rings. The first-order chi connectivity index (χ1) is 25.8. The minimum Gasteiger partial charge on any atom is -0.308 e. The minimum absolute atomic E-state index is 0.633. The molecule has 0 atom stereocenters. The summed E-state index contributed by atoms with van der Waals surface area (Å²) in [4.78, 5) is 15.9. The van der Waals surface area contributed by atoms with E-state index in [0.717, 1.165) is 44.2 Å². The first-order valence-corrected chi connectivity index (χ1v) is 18.3. The molecule has 0 aliphatic heterocycles. The highest BCUT2D eigenvalue weighted by Gasteiger charge is 2.21. The van der Waals surface area contributed by atoms with Gasteiger partial charge in [-0.25, -0.2) is 15.0 Å². The van der Waals surface area contributed by atoms with Crippen LogP contribution in [0.25, 0.3) is 103 Å². The number of nitrogens with zero attached hydrogens (tertiary/aromatic N) is 4. The molecule has 0 aliphatic carbocycles. The van der Waals surface area contributed by atoms with Crippen molar-refractivity contribution in [1.82, 2.24) is 19.5 Å². The summed E-state index contributed by atoms with van der Waals surface area (Å²) in [5.41, 5.74) is 6.22. The minimum atomic E-state index is 0.633. The number of para-hydroxylation sites is 2. The van der Waals surface area contributed by atoms with E-state index in [1.165, 1.54) is 41.7 Å². The molecule has 3 heterocycles. The molecule has 0 unspecified atom stereocenters. The van der Waals surface area contributed by atoms with Gasteiger partial charge in [0.2, 0.25) is 0 Å². The Morgan fingerprint density at radius 2 is 0.923 bits per heavy atom. The first kappa shape index (κ1) is 29.1. The zero-order valence-corrected chi connectivity index (χ0v) is 28.7. The van der Waals surface area contributed by atoms with Crippen LogP contribution >= 0.6 is 11.3 Å². The van der Waals surface area contributed by atoms with Crippen LogP contribution in [0.1, 0.15) is 0 Å². The van der Waals surface area contributed by atoms with Crippen molar-refractivity contribution in [3.63, 3.8) is 0 Å². The van der Waals surface area contributed by atoms with Crippen LogP contribution in [0.3, 0.4) is 0 Å². The average molecular weight is 681 g/mol. The van der Waals surface area contributed by atoms with Gasteiger partial charge >= 0.3 is 0 Å². The Morgan fingerprint density at radius 1 is 0.365 bits per heavy atom. The van der Waals surface area contributed by atoms with Gasteiger partial charge in [-0.3, -0.25) is 0 Å². The lowest BCUT2D eigenvalue weighted by Gasteiger charge is -2.15. The predicted molar refractivity (Wildman–Crippen MR) is 218 cm³/mol. The monoisotopic (exact) mass is 680 g/mol. The molecular weight excluding hydrogens is 653 g/mol. The number of hydrogen-bond acceptors (Lipinski definition) is 4. The topological polar surface area (TPSA) is 43.6 Å². The van der Waals surface area contributed by atoms with Crippen LogP contribution in [-0.2, 0) is 0 Å². The third kappa shape index (κ3) is 4.43. The van der Waals surface area contributed by atoms with Crippen LogP contribution in [0.4, 0.5) is 0 Å². The fourth-order valence-electron chi connectivity index (χ4n) is 7.85. The van der Waals surface area contributed by atoms with Crippen LogP contribution in [0.5, 0.6) is 0 Å². The Kier molecular flexibility index (Phi) is 6.39. The van der Waals surface area contributed by atoms with Crippen LogP contribution < -0.4 is 0 Å². The van der Waals surface area contributed by atoms with Crippen LogP contribution in [0.15, 0.2) is 170 Å². The van der Waals surface area contributed by atoms with E-state index in [2.05, 4.69) is 174 Å². The Bertz CT molecular complexity index is 3200. The van der Waals surface area contributed by atoms with Crippen molar-refractivity contribution < 1.29 is 0 Å². The average Bonchev–Trinajstić information content (AvgIpc) is 3.75. The third-order valence-corrected chi connectivity index (χ3v) is 11.5. The molecule has 242 valence electrons. The van der Waals surface area contributed by atoms with E-state index < -0.39 is 0 Å². The number of aromatic nitrogens is 4. The fourth-order valence-corrected chi connectivity index (χ4v) is 9.07. The summed E-state index contributed by atoms with van der Waals surface area (Å²) in [6.07, 6.45) is 0. The maximum absolute atomic E-state index is 5.35. The molecule has 0 fully saturated rings. The van der Waals surface area contributed by atoms with Gasteiger partial charge < -0.3 is 4.57 Å². The fraction of sp³-hybridized carbons (Fsp3) is 0. The van der Waals surface area contributed by atoms with Gasteiger partial charge in [0.25, 0.3) is 0 Å². The highest BCUT2D eigenvalue weighted by molar-refractivity contribution is 7.26. The standard InChI is InChI=1S/C47H28N4S/c1-2-15-31-28-42-39(27-30(31)14-1)33-18-5-8-24-40(33)51(42)41-25-9-6-20-37(41)46-48-45(36-22-11-16-29-13-3-4-17-32(29)36)49-47(50-46)38-23-12-21-35-34-19-7-10-26-43(34)52-44(35)38/h1-28H. The SMILES string of the molecule is c1ccc(-n2c3ccccc3c3cc4ccccc4cc32)c(-c2nc(-c3cccc4ccccc34)nc(-c3cccc4c3sc3ccccc34)n2)c1. The van der Waals surface area contributed by atoms with E-state index in [1.54, 1.807) is 11.3 Å². The summed E-state index contributed by atoms with van der Waals surface area (Å²) in [5, 5.41) is 9.57. The molecule has 52 heavy (non-hydrogen) atoms. The van der Waals surface area contributed by atoms with Gasteiger partial charge in [0, 0.05) is 47.6 Å². The molecule has 0 spiro atoms. The summed E-state index contributed by atoms with van der Waals surface area (Å²) in [5.74, 6) is 1.94. The smallest absolute Gasteiger partial charge is 0.166 e. The van der Waals surface area contributed by atoms with Crippen molar-refractivity contribution >= 4 is 74.9 Å². The van der Waals surface area contributed by atoms with Gasteiger partial charge in [0.1, 0.15) is 0 Å². The number of rotatable bonds is 4. The van der Waals surface area contributed by atoms with E-state index >= 15 is 0 Å². The molecule has 0 radical (unpaired) electrons. The van der Waals surface area contributed by atoms with Crippen molar-refractivity contribution in [3.8, 4) is 39.9 Å². The Labute approximate surface area is 302 Å². The molecule has 8 aromatic carbocycles. The Hall–Kier alpha value is -6.69. The quantitative estimate of drug-likeness (QED) is 0.186. The van der Waals surface area contributed by atoms with Crippen molar-refractivity contribution in [3.05, 3.63) is 170 Å². The van der Waals surface area contributed by atoms with Crippen molar-refractivity contribution in [2.24, 2.45) is 0 Å². The lowest BCUT2D eigenvalue weighted by atomic mass is 10.0. The van der Waals surface area contributed by atoms with Gasteiger partial charge in [-0.1, -0.05) is 127 Å². The van der Waals surface area contributed by atoms with Gasteiger partial charge in [0.15, 0.2) is 17.5 Å². The van der Waals surface area contributed by atoms with Gasteiger partial charge in [-0.05, 0) is 64.0 Å². The lowest BCUT2D eigenvalue weighted by molar-refractivity contribution is 1.07. The number of fused-ring (bicyclic) bond motifs is 8. The molecule has 0 saturated carbocycles. The molecule has 5 heteroatoms. The lowest BCUT2D eigenvalue weighted by Crippen LogP contribution is -2.04. The molecule has 4 nitrogen and oxygen atoms in total. The molecule has 0 amide bonds. The van der Waals surface area contributed by atoms with Crippen LogP contribution in [-0.4, -0.2) is 19.5 Å². The third-order valence-electron chi connectivity index (χ3n) is 10.2. The zero-order valence-electron chi connectivity index (χ0n) is 27.9. The van der Waals surface area contributed by atoms with Gasteiger partial charge in [-0.15, -0.1) is 11.3 Å². The van der Waals surface area contributed by atoms with E-state index in [0.29, 0.717) is 17.5 Å². The summed E-state index contributed by atoms with van der Waals surface area (Å²) in [7, 11) is 0. The zero-order chi connectivity index (χ0) is 34.2. The molecule has 3 aromatic heterocycles. The van der Waals surface area contributed by atoms with E-state index in [9.17, 15) is 0 Å². The first-order valence-electron chi connectivity index (χ1n) is 17.5. The van der Waals surface area contributed by atoms with E-state index in [4.69, 9.17) is 15.0 Å². The van der Waals surface area contributed by atoms with Gasteiger partial charge in [0.05, 0.1) is 16.7 Å². The summed E-state index contributed by atoms with van der Waals surface area (Å²) in [6.45, 7) is 0. The summed E-state index contributed by atoms with van der Waals surface area (Å²) < 4.78 is 4.80. The molecular formula is C47H28N4S. The Morgan fingerprint density at radius 3 is 1.79 bits per heavy atom. The highest BCUT2D eigenvalue weighted by atomic mass is 32.1. The van der Waals surface area contributed by atoms with Crippen LogP contribution in [0, 0.1) is 0 Å². The van der Waals surface area contributed by atoms with Crippen LogP contribution in [0.2, 0.25) is 0 Å². The molecule has 0 bridgehead atoms. The molecule has 0 N–H and O–H groups in total. The molecule has 0 saturated heterocycles. The van der Waals surface area contributed by atoms with Gasteiger partial charge in [-0.2, -0.15) is 0 Å². The second kappa shape index (κ2) is 11.4. The van der Waals surface area contributed by atoms with Crippen molar-refractivity contribution in [1.29, 1.82) is 0 Å². The van der Waals surface area contributed by atoms with E-state index in [1.807, 2.05) is 0 Å². The summed E-state index contributed by atoms with van der Waals surface area (Å²) in [6, 6.07) is 60.2. The predicted octanol–water partition coefficient (Wildman–Crippen LogP) is 12.6. The second-order valence-electron chi connectivity index (χ2n) is 13.2. The maximum Gasteiger partial charge on any atom is 0.166 e. The number of hydrogen-bond donors (Lipinski definition) is 0. The highest BCUT2D eigenvalue weighted by Crippen LogP contribution is 2.41. The van der Waals surface area contributed by atoms with Crippen molar-refractivity contribution in [2.45, 2.75) is 0 Å². The summed E-state index contributed by atoms with van der Waals surface area (Å²) >= 11 is 1.79. The van der Waals surface area contributed by atoms with E-state index in [-0.39, 0.29) is 0 Å². The normalized spacial score (nSPS) is 11.8. The molecule has 0 aliphatic rings. The number of thiophene rings is 1. The molecule has 11 rings (SSSR count). The largest absolute Gasteiger partial charge is 0.308 e. The van der Waals surface area contributed by atoms with Crippen molar-refractivity contribution in [2.75, 3.05) is 0 Å². The number of benzene rings is 8. The second-order valence-corrected chi connectivity index (χ2v) is 14.3.